The molecule has 0 spiro atoms. The van der Waals surface area contributed by atoms with E-state index in [1.54, 1.807) is 48.5 Å². The Hall–Kier alpha value is -2.73. The van der Waals surface area contributed by atoms with E-state index >= 15 is 0 Å². The van der Waals surface area contributed by atoms with E-state index in [9.17, 15) is 25.2 Å². The number of halogens is 1. The van der Waals surface area contributed by atoms with Crippen LogP contribution in [0.4, 0.5) is 5.69 Å². The van der Waals surface area contributed by atoms with Crippen LogP contribution >= 0.6 is 15.9 Å². The second-order valence-corrected chi connectivity index (χ2v) is 8.73. The second kappa shape index (κ2) is 10.3. The normalized spacial score (nSPS) is 24.6. The van der Waals surface area contributed by atoms with Gasteiger partial charge in [-0.05, 0) is 47.9 Å². The standard InChI is InChI=1S/C24H24BrNO8/c1-32-17-5-3-2-4-16(17)26-23(31)13-8-12-9-14(25)6-7-15(12)18(10-13)33-24-22(30)21(29)20(28)19(11-27)34-24/h2-10,19-22,24,27-30H,11H2,1H3,(H,26,31)/t19?,20-,21+,22?,24+/m0/s1. The van der Waals surface area contributed by atoms with E-state index in [0.717, 1.165) is 4.47 Å². The summed E-state index contributed by atoms with van der Waals surface area (Å²) >= 11 is 3.42. The first-order valence-corrected chi connectivity index (χ1v) is 11.3. The fraction of sp³-hybridized carbons (Fsp3) is 0.292. The van der Waals surface area contributed by atoms with Crippen LogP contribution in [0.5, 0.6) is 11.5 Å². The summed E-state index contributed by atoms with van der Waals surface area (Å²) in [5, 5.41) is 44.1. The molecule has 1 heterocycles. The molecular weight excluding hydrogens is 510 g/mol. The molecule has 0 bridgehead atoms. The number of benzene rings is 3. The number of aliphatic hydroxyl groups is 4. The van der Waals surface area contributed by atoms with Crippen LogP contribution in [0.1, 0.15) is 10.4 Å². The molecule has 0 radical (unpaired) electrons. The van der Waals surface area contributed by atoms with E-state index in [4.69, 9.17) is 14.2 Å². The fourth-order valence-corrected chi connectivity index (χ4v) is 4.15. The molecule has 1 aliphatic rings. The first-order valence-electron chi connectivity index (χ1n) is 10.5. The van der Waals surface area contributed by atoms with Crippen LogP contribution in [0.15, 0.2) is 59.1 Å². The summed E-state index contributed by atoms with van der Waals surface area (Å²) in [7, 11) is 1.50. The number of rotatable bonds is 6. The summed E-state index contributed by atoms with van der Waals surface area (Å²) in [6.07, 6.45) is -7.20. The zero-order valence-corrected chi connectivity index (χ0v) is 19.7. The SMILES string of the molecule is COc1ccccc1NC(=O)c1cc(O[C@@H]2OC(CO)[C@H](O)[C@@H](O)C2O)c2ccc(Br)cc2c1. The molecule has 180 valence electrons. The molecule has 1 saturated heterocycles. The molecule has 4 rings (SSSR count). The Kier molecular flexibility index (Phi) is 7.36. The Morgan fingerprint density at radius 2 is 1.79 bits per heavy atom. The molecule has 10 heteroatoms. The third-order valence-electron chi connectivity index (χ3n) is 5.59. The minimum atomic E-state index is -1.59. The Bertz CT molecular complexity index is 1190. The molecule has 5 atom stereocenters. The van der Waals surface area contributed by atoms with Crippen molar-refractivity contribution in [3.63, 3.8) is 0 Å². The molecule has 0 saturated carbocycles. The number of nitrogens with one attached hydrogen (secondary N) is 1. The lowest BCUT2D eigenvalue weighted by atomic mass is 9.99. The molecule has 3 aromatic rings. The second-order valence-electron chi connectivity index (χ2n) is 7.81. The summed E-state index contributed by atoms with van der Waals surface area (Å²) in [5.74, 6) is 0.279. The number of carbonyl (C=O) groups excluding carboxylic acids is 1. The lowest BCUT2D eigenvalue weighted by molar-refractivity contribution is -0.277. The third-order valence-corrected chi connectivity index (χ3v) is 6.08. The monoisotopic (exact) mass is 533 g/mol. The highest BCUT2D eigenvalue weighted by Gasteiger charge is 2.44. The molecule has 5 N–H and O–H groups in total. The highest BCUT2D eigenvalue weighted by molar-refractivity contribution is 9.10. The van der Waals surface area contributed by atoms with Gasteiger partial charge in [-0.25, -0.2) is 0 Å². The predicted octanol–water partition coefficient (Wildman–Crippen LogP) is 2.04. The molecule has 0 aliphatic carbocycles. The predicted molar refractivity (Wildman–Crippen MR) is 127 cm³/mol. The zero-order chi connectivity index (χ0) is 24.4. The van der Waals surface area contributed by atoms with Gasteiger partial charge >= 0.3 is 0 Å². The lowest BCUT2D eigenvalue weighted by Gasteiger charge is -2.39. The van der Waals surface area contributed by atoms with Gasteiger partial charge in [0, 0.05) is 15.4 Å². The number of methoxy groups -OCH3 is 1. The fourth-order valence-electron chi connectivity index (χ4n) is 3.77. The van der Waals surface area contributed by atoms with Crippen molar-refractivity contribution in [1.29, 1.82) is 0 Å². The lowest BCUT2D eigenvalue weighted by Crippen LogP contribution is -2.60. The number of hydrogen-bond acceptors (Lipinski definition) is 8. The Morgan fingerprint density at radius 3 is 2.53 bits per heavy atom. The van der Waals surface area contributed by atoms with Crippen molar-refractivity contribution in [1.82, 2.24) is 0 Å². The summed E-state index contributed by atoms with van der Waals surface area (Å²) in [6.45, 7) is -0.583. The Morgan fingerprint density at radius 1 is 1.03 bits per heavy atom. The van der Waals surface area contributed by atoms with E-state index in [2.05, 4.69) is 21.2 Å². The van der Waals surface area contributed by atoms with Crippen LogP contribution in [0.2, 0.25) is 0 Å². The van der Waals surface area contributed by atoms with Gasteiger partial charge < -0.3 is 40.0 Å². The van der Waals surface area contributed by atoms with Gasteiger partial charge in [-0.15, -0.1) is 0 Å². The maximum atomic E-state index is 13.1. The largest absolute Gasteiger partial charge is 0.495 e. The quantitative estimate of drug-likeness (QED) is 0.324. The first-order chi connectivity index (χ1) is 16.3. The van der Waals surface area contributed by atoms with Gasteiger partial charge in [-0.2, -0.15) is 0 Å². The van der Waals surface area contributed by atoms with Gasteiger partial charge in [0.1, 0.15) is 35.9 Å². The van der Waals surface area contributed by atoms with Crippen LogP contribution in [0.25, 0.3) is 10.8 Å². The molecule has 9 nitrogen and oxygen atoms in total. The average Bonchev–Trinajstić information content (AvgIpc) is 2.84. The van der Waals surface area contributed by atoms with Crippen molar-refractivity contribution >= 4 is 38.3 Å². The van der Waals surface area contributed by atoms with E-state index < -0.39 is 43.2 Å². The topological polar surface area (TPSA) is 138 Å². The van der Waals surface area contributed by atoms with Gasteiger partial charge in [-0.1, -0.05) is 28.1 Å². The number of aliphatic hydroxyl groups excluding tert-OH is 4. The summed E-state index contributed by atoms with van der Waals surface area (Å²) in [6, 6.07) is 15.5. The van der Waals surface area contributed by atoms with Gasteiger partial charge in [0.05, 0.1) is 19.4 Å². The molecule has 0 aromatic heterocycles. The first kappa shape index (κ1) is 24.4. The van der Waals surface area contributed by atoms with Crippen LogP contribution in [-0.4, -0.2) is 70.8 Å². The number of anilines is 1. The average molecular weight is 534 g/mol. The molecule has 34 heavy (non-hydrogen) atoms. The zero-order valence-electron chi connectivity index (χ0n) is 18.1. The van der Waals surface area contributed by atoms with Crippen molar-refractivity contribution in [2.24, 2.45) is 0 Å². The van der Waals surface area contributed by atoms with Crippen molar-refractivity contribution in [2.75, 3.05) is 19.0 Å². The number of hydrogen-bond donors (Lipinski definition) is 5. The van der Waals surface area contributed by atoms with Gasteiger partial charge in [0.2, 0.25) is 6.29 Å². The van der Waals surface area contributed by atoms with E-state index in [1.165, 1.54) is 13.2 Å². The maximum Gasteiger partial charge on any atom is 0.255 e. The van der Waals surface area contributed by atoms with Crippen LogP contribution < -0.4 is 14.8 Å². The number of amides is 1. The highest BCUT2D eigenvalue weighted by atomic mass is 79.9. The molecule has 1 amide bonds. The number of para-hydroxylation sites is 2. The van der Waals surface area contributed by atoms with E-state index in [0.29, 0.717) is 22.2 Å². The third kappa shape index (κ3) is 4.88. The highest BCUT2D eigenvalue weighted by Crippen LogP contribution is 2.33. The van der Waals surface area contributed by atoms with E-state index in [-0.39, 0.29) is 11.3 Å². The van der Waals surface area contributed by atoms with Crippen LogP contribution in [-0.2, 0) is 4.74 Å². The molecular formula is C24H24BrNO8. The van der Waals surface area contributed by atoms with Gasteiger partial charge in [-0.3, -0.25) is 4.79 Å². The summed E-state index contributed by atoms with van der Waals surface area (Å²) in [4.78, 5) is 13.1. The minimum absolute atomic E-state index is 0.208. The smallest absolute Gasteiger partial charge is 0.255 e. The van der Waals surface area contributed by atoms with Crippen LogP contribution in [0, 0.1) is 0 Å². The summed E-state index contributed by atoms with van der Waals surface area (Å²) < 4.78 is 17.4. The molecule has 1 fully saturated rings. The maximum absolute atomic E-state index is 13.1. The molecule has 3 aromatic carbocycles. The number of fused-ring (bicyclic) bond motifs is 1. The Labute approximate surface area is 203 Å². The van der Waals surface area contributed by atoms with Crippen molar-refractivity contribution in [3.8, 4) is 11.5 Å². The van der Waals surface area contributed by atoms with Gasteiger partial charge in [0.15, 0.2) is 0 Å². The van der Waals surface area contributed by atoms with Crippen LogP contribution in [0.3, 0.4) is 0 Å². The van der Waals surface area contributed by atoms with Gasteiger partial charge in [0.25, 0.3) is 5.91 Å². The van der Waals surface area contributed by atoms with Crippen molar-refractivity contribution in [3.05, 3.63) is 64.6 Å². The summed E-state index contributed by atoms with van der Waals surface area (Å²) in [5.41, 5.74) is 0.747. The number of carbonyl (C=O) groups is 1. The van der Waals surface area contributed by atoms with E-state index in [1.807, 2.05) is 0 Å². The van der Waals surface area contributed by atoms with Crippen molar-refractivity contribution in [2.45, 2.75) is 30.7 Å². The number of ether oxygens (including phenoxy) is 3. The van der Waals surface area contributed by atoms with Crippen molar-refractivity contribution < 1.29 is 39.4 Å². The molecule has 1 aliphatic heterocycles. The Balaban J connectivity index is 1.70. The minimum Gasteiger partial charge on any atom is -0.495 e. The molecule has 2 unspecified atom stereocenters.